The Morgan fingerprint density at radius 1 is 1.53 bits per heavy atom. The van der Waals surface area contributed by atoms with Crippen molar-refractivity contribution in [1.29, 1.82) is 0 Å². The highest BCUT2D eigenvalue weighted by molar-refractivity contribution is 7.09. The SMILES string of the molecule is O=C(O)c1cn(Cc2nccs2)c(=O)[nH]c1=O. The van der Waals surface area contributed by atoms with E-state index in [0.717, 1.165) is 10.8 Å². The van der Waals surface area contributed by atoms with Crippen molar-refractivity contribution < 1.29 is 9.90 Å². The Morgan fingerprint density at radius 3 is 2.88 bits per heavy atom. The molecular weight excluding hydrogens is 246 g/mol. The molecule has 8 heteroatoms. The maximum Gasteiger partial charge on any atom is 0.342 e. The fraction of sp³-hybridized carbons (Fsp3) is 0.111. The molecule has 0 aromatic carbocycles. The average molecular weight is 253 g/mol. The van der Waals surface area contributed by atoms with Gasteiger partial charge in [-0.25, -0.2) is 14.6 Å². The van der Waals surface area contributed by atoms with E-state index in [1.165, 1.54) is 11.3 Å². The summed E-state index contributed by atoms with van der Waals surface area (Å²) in [4.78, 5) is 39.3. The molecule has 2 aromatic rings. The largest absolute Gasteiger partial charge is 0.477 e. The molecule has 0 unspecified atom stereocenters. The van der Waals surface area contributed by atoms with Crippen LogP contribution in [0.2, 0.25) is 0 Å². The fourth-order valence-corrected chi connectivity index (χ4v) is 1.87. The van der Waals surface area contributed by atoms with E-state index < -0.39 is 22.8 Å². The molecule has 2 heterocycles. The predicted molar refractivity (Wildman–Crippen MR) is 59.5 cm³/mol. The normalized spacial score (nSPS) is 10.4. The molecule has 0 amide bonds. The molecule has 0 aliphatic rings. The average Bonchev–Trinajstić information content (AvgIpc) is 2.74. The number of hydrogen-bond acceptors (Lipinski definition) is 5. The van der Waals surface area contributed by atoms with E-state index in [1.54, 1.807) is 11.6 Å². The van der Waals surface area contributed by atoms with Crippen LogP contribution < -0.4 is 11.2 Å². The molecule has 0 aliphatic carbocycles. The van der Waals surface area contributed by atoms with Crippen molar-refractivity contribution in [1.82, 2.24) is 14.5 Å². The van der Waals surface area contributed by atoms with Gasteiger partial charge in [0.2, 0.25) is 0 Å². The molecule has 0 fully saturated rings. The first-order valence-electron chi connectivity index (χ1n) is 4.53. The second-order valence-corrected chi connectivity index (χ2v) is 4.14. The summed E-state index contributed by atoms with van der Waals surface area (Å²) in [5.41, 5.74) is -2.03. The quantitative estimate of drug-likeness (QED) is 0.784. The van der Waals surface area contributed by atoms with Gasteiger partial charge in [-0.1, -0.05) is 0 Å². The van der Waals surface area contributed by atoms with Gasteiger partial charge in [-0.2, -0.15) is 0 Å². The van der Waals surface area contributed by atoms with Crippen LogP contribution in [0.4, 0.5) is 0 Å². The van der Waals surface area contributed by atoms with Crippen molar-refractivity contribution in [3.63, 3.8) is 0 Å². The van der Waals surface area contributed by atoms with E-state index in [1.807, 2.05) is 4.98 Å². The highest BCUT2D eigenvalue weighted by Gasteiger charge is 2.11. The summed E-state index contributed by atoms with van der Waals surface area (Å²) in [6.07, 6.45) is 2.60. The third-order valence-corrected chi connectivity index (χ3v) is 2.79. The molecule has 17 heavy (non-hydrogen) atoms. The van der Waals surface area contributed by atoms with Crippen LogP contribution in [0.15, 0.2) is 27.4 Å². The fourth-order valence-electron chi connectivity index (χ4n) is 1.26. The summed E-state index contributed by atoms with van der Waals surface area (Å²) in [7, 11) is 0. The zero-order valence-corrected chi connectivity index (χ0v) is 9.23. The van der Waals surface area contributed by atoms with Gasteiger partial charge in [-0.15, -0.1) is 11.3 Å². The van der Waals surface area contributed by atoms with Gasteiger partial charge in [0.05, 0.1) is 6.54 Å². The van der Waals surface area contributed by atoms with E-state index in [0.29, 0.717) is 5.01 Å². The number of carboxylic acid groups (broad SMARTS) is 1. The highest BCUT2D eigenvalue weighted by Crippen LogP contribution is 2.04. The van der Waals surface area contributed by atoms with Gasteiger partial charge in [-0.3, -0.25) is 14.3 Å². The van der Waals surface area contributed by atoms with Crippen LogP contribution in [-0.4, -0.2) is 25.6 Å². The minimum Gasteiger partial charge on any atom is -0.477 e. The number of aromatic nitrogens is 3. The molecular formula is C9H7N3O4S. The number of aromatic amines is 1. The summed E-state index contributed by atoms with van der Waals surface area (Å²) in [5.74, 6) is -1.38. The van der Waals surface area contributed by atoms with Gasteiger partial charge in [-0.05, 0) is 0 Å². The predicted octanol–water partition coefficient (Wildman–Crippen LogP) is -0.260. The molecule has 0 spiro atoms. The van der Waals surface area contributed by atoms with Crippen LogP contribution in [0.3, 0.4) is 0 Å². The third-order valence-electron chi connectivity index (χ3n) is 2.03. The number of carbonyl (C=O) groups is 1. The van der Waals surface area contributed by atoms with Crippen LogP contribution in [0.25, 0.3) is 0 Å². The zero-order chi connectivity index (χ0) is 12.4. The second kappa shape index (κ2) is 4.34. The Morgan fingerprint density at radius 2 is 2.29 bits per heavy atom. The minimum absolute atomic E-state index is 0.133. The van der Waals surface area contributed by atoms with Gasteiger partial charge in [0, 0.05) is 17.8 Å². The Hall–Kier alpha value is -2.22. The molecule has 2 aromatic heterocycles. The lowest BCUT2D eigenvalue weighted by molar-refractivity contribution is 0.0693. The third kappa shape index (κ3) is 2.31. The smallest absolute Gasteiger partial charge is 0.342 e. The van der Waals surface area contributed by atoms with Crippen LogP contribution in [0, 0.1) is 0 Å². The van der Waals surface area contributed by atoms with Crippen molar-refractivity contribution in [3.05, 3.63) is 49.2 Å². The number of H-pyrrole nitrogens is 1. The zero-order valence-electron chi connectivity index (χ0n) is 8.41. The molecule has 88 valence electrons. The molecule has 0 saturated heterocycles. The number of nitrogens with one attached hydrogen (secondary N) is 1. The monoisotopic (exact) mass is 253 g/mol. The number of carboxylic acids is 1. The number of nitrogens with zero attached hydrogens (tertiary/aromatic N) is 2. The van der Waals surface area contributed by atoms with Crippen LogP contribution in [-0.2, 0) is 6.54 Å². The number of rotatable bonds is 3. The van der Waals surface area contributed by atoms with Crippen LogP contribution in [0.5, 0.6) is 0 Å². The van der Waals surface area contributed by atoms with E-state index in [-0.39, 0.29) is 6.54 Å². The van der Waals surface area contributed by atoms with Crippen molar-refractivity contribution in [2.24, 2.45) is 0 Å². The Kier molecular flexibility index (Phi) is 2.88. The number of aromatic carboxylic acids is 1. The van der Waals surface area contributed by atoms with Crippen molar-refractivity contribution in [3.8, 4) is 0 Å². The minimum atomic E-state index is -1.38. The van der Waals surface area contributed by atoms with Crippen LogP contribution in [0.1, 0.15) is 15.4 Å². The maximum atomic E-state index is 11.4. The van der Waals surface area contributed by atoms with E-state index in [9.17, 15) is 14.4 Å². The molecule has 0 radical (unpaired) electrons. The van der Waals surface area contributed by atoms with Gasteiger partial charge in [0.1, 0.15) is 10.6 Å². The van der Waals surface area contributed by atoms with Gasteiger partial charge < -0.3 is 5.11 Å². The first kappa shape index (κ1) is 11.3. The first-order chi connectivity index (χ1) is 8.08. The Bertz CT molecular complexity index is 656. The maximum absolute atomic E-state index is 11.4. The highest BCUT2D eigenvalue weighted by atomic mass is 32.1. The molecule has 0 atom stereocenters. The van der Waals surface area contributed by atoms with Crippen molar-refractivity contribution in [2.45, 2.75) is 6.54 Å². The molecule has 0 saturated carbocycles. The first-order valence-corrected chi connectivity index (χ1v) is 5.41. The van der Waals surface area contributed by atoms with Gasteiger partial charge >= 0.3 is 11.7 Å². The summed E-state index contributed by atoms with van der Waals surface area (Å²) in [6.45, 7) is 0.133. The van der Waals surface area contributed by atoms with E-state index in [2.05, 4.69) is 4.98 Å². The van der Waals surface area contributed by atoms with Crippen LogP contribution >= 0.6 is 11.3 Å². The second-order valence-electron chi connectivity index (χ2n) is 3.16. The molecule has 2 rings (SSSR count). The van der Waals surface area contributed by atoms with Gasteiger partial charge in [0.15, 0.2) is 0 Å². The molecule has 2 N–H and O–H groups in total. The number of hydrogen-bond donors (Lipinski definition) is 2. The lowest BCUT2D eigenvalue weighted by Gasteiger charge is -2.02. The standard InChI is InChI=1S/C9H7N3O4S/c13-7-5(8(14)15)3-12(9(16)11-7)4-6-10-1-2-17-6/h1-3H,4H2,(H,14,15)(H,11,13,16). The number of thiazole rings is 1. The lowest BCUT2D eigenvalue weighted by atomic mass is 10.3. The molecule has 7 nitrogen and oxygen atoms in total. The van der Waals surface area contributed by atoms with E-state index >= 15 is 0 Å². The van der Waals surface area contributed by atoms with Gasteiger partial charge in [0.25, 0.3) is 5.56 Å². The molecule has 0 aliphatic heterocycles. The summed E-state index contributed by atoms with van der Waals surface area (Å²) >= 11 is 1.33. The van der Waals surface area contributed by atoms with Crippen molar-refractivity contribution >= 4 is 17.3 Å². The Balaban J connectivity index is 2.47. The summed E-state index contributed by atoms with van der Waals surface area (Å²) < 4.78 is 1.10. The topological polar surface area (TPSA) is 105 Å². The van der Waals surface area contributed by atoms with Crippen molar-refractivity contribution in [2.75, 3.05) is 0 Å². The molecule has 0 bridgehead atoms. The Labute approximate surface area is 98.0 Å². The summed E-state index contributed by atoms with van der Waals surface area (Å²) in [5, 5.41) is 11.1. The summed E-state index contributed by atoms with van der Waals surface area (Å²) in [6, 6.07) is 0. The lowest BCUT2D eigenvalue weighted by Crippen LogP contribution is -2.33. The van der Waals surface area contributed by atoms with E-state index in [4.69, 9.17) is 5.11 Å².